The lowest BCUT2D eigenvalue weighted by Gasteiger charge is -2.33. The third kappa shape index (κ3) is 5.50. The molecule has 0 fully saturated rings. The van der Waals surface area contributed by atoms with Crippen LogP contribution in [0, 0.1) is 0 Å². The summed E-state index contributed by atoms with van der Waals surface area (Å²) in [5, 5.41) is 3.70. The van der Waals surface area contributed by atoms with E-state index < -0.39 is 12.0 Å². The molecule has 6 nitrogen and oxygen atoms in total. The number of carbonyl (C=O) groups excluding carboxylic acids is 1. The number of nitrogens with zero attached hydrogens (tertiary/aromatic N) is 2. The van der Waals surface area contributed by atoms with Gasteiger partial charge in [-0.3, -0.25) is 0 Å². The zero-order valence-corrected chi connectivity index (χ0v) is 23.2. The van der Waals surface area contributed by atoms with Crippen molar-refractivity contribution in [2.24, 2.45) is 4.99 Å². The predicted molar refractivity (Wildman–Crippen MR) is 144 cm³/mol. The Balaban J connectivity index is 1.72. The maximum absolute atomic E-state index is 13.0. The number of benzene rings is 2. The summed E-state index contributed by atoms with van der Waals surface area (Å²) in [5.41, 5.74) is 2.82. The molecule has 0 spiro atoms. The molecule has 4 rings (SSSR count). The minimum Gasteiger partial charge on any atom is -0.490 e. The molecular formula is C25H23BrCl2N2O4S. The molecule has 2 heterocycles. The van der Waals surface area contributed by atoms with Crippen molar-refractivity contribution in [2.75, 3.05) is 13.2 Å². The Morgan fingerprint density at radius 1 is 1.14 bits per heavy atom. The standard InChI is InChI=1S/C25H23BrCl2N2O4S/c1-4-32-20-12-16(11-17(26)23(20)34-13-15-6-7-18(27)19(28)10-15)22-21(24(31)33-5-2)14(3)29-25-30(22)8-9-35-25/h6-12,22H,4-5,13H2,1-3H3/t22-/m0/s1. The van der Waals surface area contributed by atoms with Crippen LogP contribution >= 0.6 is 50.9 Å². The van der Waals surface area contributed by atoms with E-state index in [9.17, 15) is 4.79 Å². The molecule has 2 aromatic rings. The van der Waals surface area contributed by atoms with Gasteiger partial charge >= 0.3 is 5.97 Å². The highest BCUT2D eigenvalue weighted by atomic mass is 79.9. The highest BCUT2D eigenvalue weighted by molar-refractivity contribution is 9.10. The van der Waals surface area contributed by atoms with Crippen molar-refractivity contribution in [2.45, 2.75) is 33.4 Å². The van der Waals surface area contributed by atoms with Gasteiger partial charge in [-0.25, -0.2) is 9.79 Å². The summed E-state index contributed by atoms with van der Waals surface area (Å²) in [5.74, 6) is 0.714. The largest absolute Gasteiger partial charge is 0.490 e. The molecule has 10 heteroatoms. The Morgan fingerprint density at radius 2 is 1.94 bits per heavy atom. The van der Waals surface area contributed by atoms with Crippen LogP contribution in [-0.2, 0) is 16.1 Å². The van der Waals surface area contributed by atoms with E-state index in [4.69, 9.17) is 37.4 Å². The van der Waals surface area contributed by atoms with E-state index in [2.05, 4.69) is 20.9 Å². The van der Waals surface area contributed by atoms with E-state index in [1.165, 1.54) is 11.8 Å². The first-order valence-electron chi connectivity index (χ1n) is 10.9. The molecule has 184 valence electrons. The maximum atomic E-state index is 13.0. The summed E-state index contributed by atoms with van der Waals surface area (Å²) >= 11 is 17.3. The van der Waals surface area contributed by atoms with Crippen LogP contribution in [0.2, 0.25) is 10.0 Å². The van der Waals surface area contributed by atoms with E-state index in [1.54, 1.807) is 19.1 Å². The second kappa shape index (κ2) is 11.3. The number of rotatable bonds is 8. The third-order valence-electron chi connectivity index (χ3n) is 5.33. The highest BCUT2D eigenvalue weighted by Gasteiger charge is 2.38. The number of hydrogen-bond acceptors (Lipinski definition) is 7. The molecule has 2 aliphatic rings. The molecule has 0 aliphatic carbocycles. The molecule has 0 amide bonds. The molecule has 0 aromatic heterocycles. The number of fused-ring (bicyclic) bond motifs is 1. The number of thioether (sulfide) groups is 1. The molecular weight excluding hydrogens is 575 g/mol. The van der Waals surface area contributed by atoms with Gasteiger partial charge in [0.1, 0.15) is 6.61 Å². The number of carbonyl (C=O) groups is 1. The fraction of sp³-hybridized carbons (Fsp3) is 0.280. The van der Waals surface area contributed by atoms with Crippen LogP contribution in [0.25, 0.3) is 0 Å². The monoisotopic (exact) mass is 596 g/mol. The van der Waals surface area contributed by atoms with Gasteiger partial charge in [-0.15, -0.1) is 0 Å². The predicted octanol–water partition coefficient (Wildman–Crippen LogP) is 7.50. The third-order valence-corrected chi connectivity index (χ3v) is 7.43. The lowest BCUT2D eigenvalue weighted by atomic mass is 9.94. The van der Waals surface area contributed by atoms with Gasteiger partial charge in [0.15, 0.2) is 16.7 Å². The van der Waals surface area contributed by atoms with E-state index in [0.717, 1.165) is 16.3 Å². The van der Waals surface area contributed by atoms with Gasteiger partial charge in [0.2, 0.25) is 0 Å². The Morgan fingerprint density at radius 3 is 2.66 bits per heavy atom. The second-order valence-electron chi connectivity index (χ2n) is 7.63. The smallest absolute Gasteiger partial charge is 0.338 e. The molecule has 2 aliphatic heterocycles. The van der Waals surface area contributed by atoms with Crippen molar-refractivity contribution in [1.82, 2.24) is 4.90 Å². The van der Waals surface area contributed by atoms with Crippen LogP contribution in [0.15, 0.2) is 62.7 Å². The molecule has 0 saturated heterocycles. The van der Waals surface area contributed by atoms with Crippen molar-refractivity contribution < 1.29 is 19.0 Å². The second-order valence-corrected chi connectivity index (χ2v) is 10.2. The summed E-state index contributed by atoms with van der Waals surface area (Å²) in [6, 6.07) is 8.77. The van der Waals surface area contributed by atoms with Gasteiger partial charge in [-0.2, -0.15) is 0 Å². The summed E-state index contributed by atoms with van der Waals surface area (Å²) in [7, 11) is 0. The van der Waals surface area contributed by atoms with E-state index in [-0.39, 0.29) is 13.2 Å². The van der Waals surface area contributed by atoms with Crippen LogP contribution in [-0.4, -0.2) is 29.3 Å². The first-order chi connectivity index (χ1) is 16.8. The number of aliphatic imine (C=N–C) groups is 1. The quantitative estimate of drug-likeness (QED) is 0.294. The van der Waals surface area contributed by atoms with Crippen LogP contribution < -0.4 is 9.47 Å². The van der Waals surface area contributed by atoms with E-state index in [0.29, 0.717) is 43.9 Å². The van der Waals surface area contributed by atoms with Gasteiger partial charge in [-0.05, 0) is 77.5 Å². The fourth-order valence-electron chi connectivity index (χ4n) is 3.83. The van der Waals surface area contributed by atoms with Crippen molar-refractivity contribution >= 4 is 62.0 Å². The van der Waals surface area contributed by atoms with Gasteiger partial charge < -0.3 is 19.1 Å². The number of halogens is 3. The number of hydrogen-bond donors (Lipinski definition) is 0. The molecule has 1 atom stereocenters. The fourth-order valence-corrected chi connectivity index (χ4v) is 5.52. The maximum Gasteiger partial charge on any atom is 0.338 e. The lowest BCUT2D eigenvalue weighted by molar-refractivity contribution is -0.139. The Labute approximate surface area is 227 Å². The first-order valence-corrected chi connectivity index (χ1v) is 13.4. The van der Waals surface area contributed by atoms with Crippen LogP contribution in [0.5, 0.6) is 11.5 Å². The summed E-state index contributed by atoms with van der Waals surface area (Å²) in [6.45, 7) is 6.51. The topological polar surface area (TPSA) is 60.4 Å². The molecule has 0 unspecified atom stereocenters. The Bertz CT molecular complexity index is 1250. The zero-order chi connectivity index (χ0) is 25.1. The van der Waals surface area contributed by atoms with Gasteiger partial charge in [-0.1, -0.05) is 41.0 Å². The lowest BCUT2D eigenvalue weighted by Crippen LogP contribution is -2.34. The zero-order valence-electron chi connectivity index (χ0n) is 19.3. The average molecular weight is 598 g/mol. The van der Waals surface area contributed by atoms with Crippen molar-refractivity contribution in [3.8, 4) is 11.5 Å². The van der Waals surface area contributed by atoms with Crippen LogP contribution in [0.1, 0.15) is 37.9 Å². The van der Waals surface area contributed by atoms with Crippen LogP contribution in [0.4, 0.5) is 0 Å². The van der Waals surface area contributed by atoms with Crippen molar-refractivity contribution in [3.63, 3.8) is 0 Å². The molecule has 0 N–H and O–H groups in total. The van der Waals surface area contributed by atoms with Crippen molar-refractivity contribution in [1.29, 1.82) is 0 Å². The molecule has 2 aromatic carbocycles. The highest BCUT2D eigenvalue weighted by Crippen LogP contribution is 2.45. The van der Waals surface area contributed by atoms with Crippen molar-refractivity contribution in [3.05, 3.63) is 78.9 Å². The SMILES string of the molecule is CCOC(=O)C1=C(C)N=C2SC=CN2[C@H]1c1cc(Br)c(OCc2ccc(Cl)c(Cl)c2)c(OCC)c1. The average Bonchev–Trinajstić information content (AvgIpc) is 3.28. The molecule has 0 bridgehead atoms. The first kappa shape index (κ1) is 25.9. The molecule has 0 saturated carbocycles. The normalized spacial score (nSPS) is 16.8. The summed E-state index contributed by atoms with van der Waals surface area (Å²) < 4.78 is 18.2. The number of ether oxygens (including phenoxy) is 3. The number of allylic oxidation sites excluding steroid dienone is 1. The van der Waals surface area contributed by atoms with Gasteiger partial charge in [0.05, 0.1) is 45.0 Å². The summed E-state index contributed by atoms with van der Waals surface area (Å²) in [6.07, 6.45) is 1.92. The summed E-state index contributed by atoms with van der Waals surface area (Å²) in [4.78, 5) is 19.5. The minimum atomic E-state index is -0.424. The number of esters is 1. The van der Waals surface area contributed by atoms with Gasteiger partial charge in [0.25, 0.3) is 0 Å². The molecule has 0 radical (unpaired) electrons. The molecule has 35 heavy (non-hydrogen) atoms. The van der Waals surface area contributed by atoms with E-state index in [1.807, 2.05) is 48.6 Å². The van der Waals surface area contributed by atoms with E-state index >= 15 is 0 Å². The van der Waals surface area contributed by atoms with Crippen LogP contribution in [0.3, 0.4) is 0 Å². The Hall–Kier alpha value is -2.13. The minimum absolute atomic E-state index is 0.272. The number of amidine groups is 1. The van der Waals surface area contributed by atoms with Gasteiger partial charge in [0, 0.05) is 6.20 Å². The Kier molecular flexibility index (Phi) is 8.37.